The molecule has 11 heteroatoms. The van der Waals surface area contributed by atoms with E-state index in [1.807, 2.05) is 5.32 Å². The topological polar surface area (TPSA) is 105 Å². The van der Waals surface area contributed by atoms with Crippen LogP contribution >= 0.6 is 22.9 Å². The van der Waals surface area contributed by atoms with E-state index >= 15 is 0 Å². The highest BCUT2D eigenvalue weighted by Gasteiger charge is 2.19. The van der Waals surface area contributed by atoms with Gasteiger partial charge in [-0.2, -0.15) is 0 Å². The van der Waals surface area contributed by atoms with Gasteiger partial charge in [-0.05, 0) is 30.3 Å². The van der Waals surface area contributed by atoms with Gasteiger partial charge in [-0.1, -0.05) is 29.0 Å². The summed E-state index contributed by atoms with van der Waals surface area (Å²) in [6.45, 7) is 0. The van der Waals surface area contributed by atoms with Crippen LogP contribution in [0.5, 0.6) is 0 Å². The lowest BCUT2D eigenvalue weighted by atomic mass is 10.2. The summed E-state index contributed by atoms with van der Waals surface area (Å²) in [7, 11) is -3.38. The summed E-state index contributed by atoms with van der Waals surface area (Å²) in [6, 6.07) is 7.13. The second-order valence-corrected chi connectivity index (χ2v) is 8.88. The number of aromatic nitrogens is 1. The summed E-state index contributed by atoms with van der Waals surface area (Å²) in [5.74, 6) is -1.86. The normalized spacial score (nSPS) is 11.4. The number of fused-ring (bicyclic) bond motifs is 1. The van der Waals surface area contributed by atoms with E-state index < -0.39 is 33.2 Å². The number of anilines is 1. The van der Waals surface area contributed by atoms with Crippen molar-refractivity contribution in [2.24, 2.45) is 0 Å². The Labute approximate surface area is 162 Å². The first-order valence-corrected chi connectivity index (χ1v) is 10.4. The van der Waals surface area contributed by atoms with Crippen molar-refractivity contribution in [3.63, 3.8) is 0 Å². The molecule has 0 fully saturated rings. The summed E-state index contributed by atoms with van der Waals surface area (Å²) >= 11 is 6.81. The molecule has 0 atom stereocenters. The number of nitrogens with one attached hydrogen (secondary N) is 2. The highest BCUT2D eigenvalue weighted by atomic mass is 35.5. The van der Waals surface area contributed by atoms with Crippen LogP contribution in [0.15, 0.2) is 41.3 Å². The lowest BCUT2D eigenvalue weighted by Gasteiger charge is -2.06. The number of rotatable bonds is 3. The zero-order valence-corrected chi connectivity index (χ0v) is 16.0. The molecule has 3 amide bonds. The van der Waals surface area contributed by atoms with Crippen molar-refractivity contribution in [3.05, 3.63) is 52.8 Å². The Hall–Kier alpha value is -2.56. The number of hydrogen-bond donors (Lipinski definition) is 2. The maximum atomic E-state index is 13.7. The van der Waals surface area contributed by atoms with Crippen LogP contribution in [0.2, 0.25) is 5.02 Å². The summed E-state index contributed by atoms with van der Waals surface area (Å²) in [5.41, 5.74) is 0.0302. The summed E-state index contributed by atoms with van der Waals surface area (Å²) in [5, 5.41) is 4.32. The van der Waals surface area contributed by atoms with Crippen molar-refractivity contribution >= 4 is 60.1 Å². The van der Waals surface area contributed by atoms with E-state index in [2.05, 4.69) is 10.3 Å². The molecule has 3 rings (SSSR count). The number of carbonyl (C=O) groups excluding carboxylic acids is 2. The van der Waals surface area contributed by atoms with Crippen LogP contribution in [0.25, 0.3) is 10.2 Å². The van der Waals surface area contributed by atoms with Crippen LogP contribution < -0.4 is 10.6 Å². The minimum absolute atomic E-state index is 0.124. The molecule has 0 spiro atoms. The summed E-state index contributed by atoms with van der Waals surface area (Å²) < 4.78 is 37.4. The third-order valence-electron chi connectivity index (χ3n) is 3.43. The first-order valence-electron chi connectivity index (χ1n) is 7.32. The molecular formula is C16H11ClFN3O4S2. The molecule has 1 heterocycles. The molecule has 0 aliphatic rings. The Bertz CT molecular complexity index is 1160. The highest BCUT2D eigenvalue weighted by molar-refractivity contribution is 7.90. The van der Waals surface area contributed by atoms with Crippen molar-refractivity contribution in [3.8, 4) is 0 Å². The molecule has 2 aromatic carbocycles. The maximum absolute atomic E-state index is 13.7. The fourth-order valence-corrected chi connectivity index (χ4v) is 4.07. The van der Waals surface area contributed by atoms with E-state index in [-0.39, 0.29) is 15.0 Å². The quantitative estimate of drug-likeness (QED) is 0.666. The van der Waals surface area contributed by atoms with Crippen molar-refractivity contribution in [2.75, 3.05) is 11.6 Å². The largest absolute Gasteiger partial charge is 0.327 e. The van der Waals surface area contributed by atoms with E-state index in [0.29, 0.717) is 10.2 Å². The molecule has 1 aromatic heterocycles. The fourth-order valence-electron chi connectivity index (χ4n) is 2.20. The first kappa shape index (κ1) is 19.2. The number of imide groups is 1. The summed E-state index contributed by atoms with van der Waals surface area (Å²) in [4.78, 5) is 28.3. The number of sulfone groups is 1. The number of amides is 3. The monoisotopic (exact) mass is 427 g/mol. The fraction of sp³-hybridized carbons (Fsp3) is 0.0625. The molecule has 0 aliphatic heterocycles. The molecule has 0 aliphatic carbocycles. The van der Waals surface area contributed by atoms with Crippen LogP contribution in [0.1, 0.15) is 10.4 Å². The van der Waals surface area contributed by atoms with Crippen LogP contribution in [-0.4, -0.2) is 31.6 Å². The summed E-state index contributed by atoms with van der Waals surface area (Å²) in [6.07, 6.45) is 1.08. The van der Waals surface area contributed by atoms with Crippen molar-refractivity contribution in [2.45, 2.75) is 4.90 Å². The van der Waals surface area contributed by atoms with E-state index in [1.165, 1.54) is 30.3 Å². The van der Waals surface area contributed by atoms with Gasteiger partial charge in [0, 0.05) is 6.26 Å². The van der Waals surface area contributed by atoms with Crippen molar-refractivity contribution in [1.82, 2.24) is 10.3 Å². The standard InChI is InChI=1S/C16H11ClFN3O4S2/c1-27(24,25)8-5-6-11-12(7-8)26-16(19-11)21-15(23)20-14(22)13-9(17)3-2-4-10(13)18/h2-7H,1H3,(H2,19,20,21,22,23). The Morgan fingerprint density at radius 3 is 2.63 bits per heavy atom. The highest BCUT2D eigenvalue weighted by Crippen LogP contribution is 2.28. The number of hydrogen-bond acceptors (Lipinski definition) is 6. The SMILES string of the molecule is CS(=O)(=O)c1ccc2nc(NC(=O)NC(=O)c3c(F)cccc3Cl)sc2c1. The van der Waals surface area contributed by atoms with Crippen molar-refractivity contribution in [1.29, 1.82) is 0 Å². The minimum atomic E-state index is -3.38. The Morgan fingerprint density at radius 2 is 1.96 bits per heavy atom. The molecule has 0 radical (unpaired) electrons. The second-order valence-electron chi connectivity index (χ2n) is 5.43. The molecule has 0 bridgehead atoms. The van der Waals surface area contributed by atoms with Crippen LogP contribution in [0, 0.1) is 5.82 Å². The van der Waals surface area contributed by atoms with Gasteiger partial charge >= 0.3 is 6.03 Å². The average Bonchev–Trinajstić information content (AvgIpc) is 2.94. The molecule has 0 saturated carbocycles. The van der Waals surface area contributed by atoms with Crippen LogP contribution in [0.4, 0.5) is 14.3 Å². The molecule has 2 N–H and O–H groups in total. The smallest absolute Gasteiger partial charge is 0.283 e. The number of halogens is 2. The zero-order chi connectivity index (χ0) is 19.8. The molecule has 0 unspecified atom stereocenters. The van der Waals surface area contributed by atoms with Gasteiger partial charge in [0.2, 0.25) is 0 Å². The Kier molecular flexibility index (Phi) is 5.13. The Morgan fingerprint density at radius 1 is 1.22 bits per heavy atom. The number of benzene rings is 2. The average molecular weight is 428 g/mol. The van der Waals surface area contributed by atoms with Gasteiger partial charge in [-0.25, -0.2) is 22.6 Å². The maximum Gasteiger partial charge on any atom is 0.327 e. The number of carbonyl (C=O) groups is 2. The number of nitrogens with zero attached hydrogens (tertiary/aromatic N) is 1. The van der Waals surface area contributed by atoms with Gasteiger partial charge in [-0.15, -0.1) is 0 Å². The molecule has 7 nitrogen and oxygen atoms in total. The first-order chi connectivity index (χ1) is 12.6. The molecule has 27 heavy (non-hydrogen) atoms. The molecule has 0 saturated heterocycles. The minimum Gasteiger partial charge on any atom is -0.283 e. The predicted octanol–water partition coefficient (Wildman–Crippen LogP) is 3.45. The van der Waals surface area contributed by atoms with Crippen LogP contribution in [-0.2, 0) is 9.84 Å². The third kappa shape index (κ3) is 4.24. The second kappa shape index (κ2) is 7.22. The zero-order valence-electron chi connectivity index (χ0n) is 13.6. The number of thiazole rings is 1. The lowest BCUT2D eigenvalue weighted by molar-refractivity contribution is 0.0963. The molecule has 3 aromatic rings. The van der Waals surface area contributed by atoms with E-state index in [9.17, 15) is 22.4 Å². The third-order valence-corrected chi connectivity index (χ3v) is 5.78. The van der Waals surface area contributed by atoms with Crippen molar-refractivity contribution < 1.29 is 22.4 Å². The van der Waals surface area contributed by atoms with Gasteiger partial charge in [-0.3, -0.25) is 15.4 Å². The lowest BCUT2D eigenvalue weighted by Crippen LogP contribution is -2.35. The van der Waals surface area contributed by atoms with Gasteiger partial charge in [0.25, 0.3) is 5.91 Å². The molecular weight excluding hydrogens is 417 g/mol. The van der Waals surface area contributed by atoms with Gasteiger partial charge in [0.1, 0.15) is 5.82 Å². The van der Waals surface area contributed by atoms with E-state index in [1.54, 1.807) is 0 Å². The Balaban J connectivity index is 1.77. The number of urea groups is 1. The van der Waals surface area contributed by atoms with Gasteiger partial charge in [0.15, 0.2) is 15.0 Å². The van der Waals surface area contributed by atoms with E-state index in [0.717, 1.165) is 23.7 Å². The molecule has 140 valence electrons. The van der Waals surface area contributed by atoms with Gasteiger partial charge < -0.3 is 0 Å². The predicted molar refractivity (Wildman–Crippen MR) is 101 cm³/mol. The van der Waals surface area contributed by atoms with E-state index in [4.69, 9.17) is 11.6 Å². The van der Waals surface area contributed by atoms with Crippen LogP contribution in [0.3, 0.4) is 0 Å². The van der Waals surface area contributed by atoms with Gasteiger partial charge in [0.05, 0.1) is 25.7 Å².